The number of hydrogen-bond acceptors (Lipinski definition) is 0. The van der Waals surface area contributed by atoms with Gasteiger partial charge in [-0.05, 0) is 10.4 Å². The molecular formula is C16H20. The zero-order valence-corrected chi connectivity index (χ0v) is 10.6. The molecule has 1 aliphatic rings. The Bertz CT molecular complexity index is 478. The average molecular weight is 212 g/mol. The summed E-state index contributed by atoms with van der Waals surface area (Å²) in [6.07, 6.45) is 9.29. The van der Waals surface area contributed by atoms with E-state index < -0.39 is 0 Å². The fourth-order valence-corrected chi connectivity index (χ4v) is 2.10. The number of benzene rings is 1. The fourth-order valence-electron chi connectivity index (χ4n) is 2.10. The summed E-state index contributed by atoms with van der Waals surface area (Å²) in [6.45, 7) is 9.01. The molecule has 0 heterocycles. The SMILES string of the molecule is CC1(C)/C=C\C(C)(C)/C=c2/cccc/c2=C/1. The summed E-state index contributed by atoms with van der Waals surface area (Å²) < 4.78 is 0. The van der Waals surface area contributed by atoms with E-state index in [4.69, 9.17) is 0 Å². The maximum Gasteiger partial charge on any atom is 0.00139 e. The summed E-state index contributed by atoms with van der Waals surface area (Å²) in [7, 11) is 0. The van der Waals surface area contributed by atoms with E-state index >= 15 is 0 Å². The Hall–Kier alpha value is -1.30. The van der Waals surface area contributed by atoms with Crippen LogP contribution in [0.5, 0.6) is 0 Å². The third-order valence-corrected chi connectivity index (χ3v) is 2.99. The monoisotopic (exact) mass is 212 g/mol. The van der Waals surface area contributed by atoms with Crippen LogP contribution in [-0.2, 0) is 0 Å². The van der Waals surface area contributed by atoms with Gasteiger partial charge < -0.3 is 0 Å². The van der Waals surface area contributed by atoms with Crippen LogP contribution in [0.1, 0.15) is 27.7 Å². The minimum atomic E-state index is 0.127. The van der Waals surface area contributed by atoms with Gasteiger partial charge in [0.15, 0.2) is 0 Å². The van der Waals surface area contributed by atoms with Gasteiger partial charge in [0.1, 0.15) is 0 Å². The largest absolute Gasteiger partial charge is 0.0782 e. The van der Waals surface area contributed by atoms with Gasteiger partial charge in [-0.25, -0.2) is 0 Å². The van der Waals surface area contributed by atoms with Crippen molar-refractivity contribution in [3.05, 3.63) is 46.9 Å². The molecule has 84 valence electrons. The first-order chi connectivity index (χ1) is 7.38. The highest BCUT2D eigenvalue weighted by molar-refractivity contribution is 5.45. The smallest absolute Gasteiger partial charge is 0.00139 e. The lowest BCUT2D eigenvalue weighted by Crippen LogP contribution is -2.30. The number of hydrogen-bond donors (Lipinski definition) is 0. The first-order valence-electron chi connectivity index (χ1n) is 5.89. The van der Waals surface area contributed by atoms with E-state index in [2.05, 4.69) is 76.3 Å². The lowest BCUT2D eigenvalue weighted by Gasteiger charge is -2.22. The highest BCUT2D eigenvalue weighted by Crippen LogP contribution is 2.26. The Morgan fingerprint density at radius 3 is 1.44 bits per heavy atom. The van der Waals surface area contributed by atoms with Gasteiger partial charge in [0, 0.05) is 10.8 Å². The highest BCUT2D eigenvalue weighted by Gasteiger charge is 2.16. The van der Waals surface area contributed by atoms with Gasteiger partial charge in [0.25, 0.3) is 0 Å². The van der Waals surface area contributed by atoms with Crippen LogP contribution in [0.15, 0.2) is 36.4 Å². The van der Waals surface area contributed by atoms with E-state index in [0.717, 1.165) is 0 Å². The van der Waals surface area contributed by atoms with E-state index in [1.165, 1.54) is 10.4 Å². The van der Waals surface area contributed by atoms with Crippen LogP contribution in [-0.4, -0.2) is 0 Å². The third kappa shape index (κ3) is 2.44. The summed E-state index contributed by atoms with van der Waals surface area (Å²) >= 11 is 0. The minimum Gasteiger partial charge on any atom is -0.0782 e. The van der Waals surface area contributed by atoms with Gasteiger partial charge in [-0.15, -0.1) is 0 Å². The average Bonchev–Trinajstić information content (AvgIpc) is 2.17. The third-order valence-electron chi connectivity index (χ3n) is 2.99. The zero-order valence-electron chi connectivity index (χ0n) is 10.6. The molecule has 0 saturated heterocycles. The van der Waals surface area contributed by atoms with Crippen LogP contribution in [0.3, 0.4) is 0 Å². The second-order valence-corrected chi connectivity index (χ2v) is 5.89. The van der Waals surface area contributed by atoms with Gasteiger partial charge in [0.2, 0.25) is 0 Å². The number of allylic oxidation sites excluding steroid dienone is 2. The van der Waals surface area contributed by atoms with Crippen molar-refractivity contribution in [1.29, 1.82) is 0 Å². The molecule has 0 spiro atoms. The Labute approximate surface area is 98.0 Å². The standard InChI is InChI=1S/C16H20/c1-15(2)9-10-16(3,4)12-14-8-6-5-7-13(14)11-15/h5-12H,1-4H3/b10-9-,13-11-,14-12-. The predicted octanol–water partition coefficient (Wildman–Crippen LogP) is 2.87. The summed E-state index contributed by atoms with van der Waals surface area (Å²) in [6, 6.07) is 8.61. The fraction of sp³-hybridized carbons (Fsp3) is 0.375. The summed E-state index contributed by atoms with van der Waals surface area (Å²) in [5.74, 6) is 0. The zero-order chi connectivity index (χ0) is 11.8. The van der Waals surface area contributed by atoms with Gasteiger partial charge in [0.05, 0.1) is 0 Å². The molecule has 0 atom stereocenters. The van der Waals surface area contributed by atoms with E-state index in [9.17, 15) is 0 Å². The molecule has 1 aliphatic carbocycles. The molecule has 0 amide bonds. The Kier molecular flexibility index (Phi) is 2.53. The lowest BCUT2D eigenvalue weighted by atomic mass is 9.83. The van der Waals surface area contributed by atoms with E-state index in [1.807, 2.05) is 0 Å². The van der Waals surface area contributed by atoms with E-state index in [1.54, 1.807) is 0 Å². The Morgan fingerprint density at radius 2 is 1.06 bits per heavy atom. The van der Waals surface area contributed by atoms with Gasteiger partial charge in [-0.2, -0.15) is 0 Å². The molecule has 2 rings (SSSR count). The van der Waals surface area contributed by atoms with Crippen LogP contribution in [0.4, 0.5) is 0 Å². The van der Waals surface area contributed by atoms with Crippen molar-refractivity contribution in [2.24, 2.45) is 10.8 Å². The molecule has 0 aliphatic heterocycles. The molecule has 1 aromatic carbocycles. The quantitative estimate of drug-likeness (QED) is 0.580. The molecule has 0 unspecified atom stereocenters. The topological polar surface area (TPSA) is 0 Å². The first-order valence-corrected chi connectivity index (χ1v) is 5.89. The minimum absolute atomic E-state index is 0.127. The van der Waals surface area contributed by atoms with Crippen LogP contribution in [0.2, 0.25) is 0 Å². The summed E-state index contributed by atoms with van der Waals surface area (Å²) in [4.78, 5) is 0. The molecule has 0 fully saturated rings. The maximum absolute atomic E-state index is 2.34. The van der Waals surface area contributed by atoms with Crippen molar-refractivity contribution in [1.82, 2.24) is 0 Å². The second kappa shape index (κ2) is 3.62. The summed E-state index contributed by atoms with van der Waals surface area (Å²) in [5.41, 5.74) is 0.253. The molecule has 0 N–H and O–H groups in total. The van der Waals surface area contributed by atoms with Crippen LogP contribution in [0, 0.1) is 10.8 Å². The van der Waals surface area contributed by atoms with Crippen molar-refractivity contribution in [2.75, 3.05) is 0 Å². The molecule has 0 nitrogen and oxygen atoms in total. The Morgan fingerprint density at radius 1 is 0.688 bits per heavy atom. The predicted molar refractivity (Wildman–Crippen MR) is 71.3 cm³/mol. The molecular weight excluding hydrogens is 192 g/mol. The first kappa shape index (κ1) is 11.2. The molecule has 0 heteroatoms. The molecule has 0 radical (unpaired) electrons. The number of rotatable bonds is 0. The van der Waals surface area contributed by atoms with E-state index in [0.29, 0.717) is 0 Å². The molecule has 16 heavy (non-hydrogen) atoms. The van der Waals surface area contributed by atoms with Gasteiger partial charge in [-0.1, -0.05) is 76.3 Å². The number of fused-ring (bicyclic) bond motifs is 1. The normalized spacial score (nSPS) is 27.2. The van der Waals surface area contributed by atoms with E-state index in [-0.39, 0.29) is 10.8 Å². The van der Waals surface area contributed by atoms with Crippen molar-refractivity contribution < 1.29 is 0 Å². The van der Waals surface area contributed by atoms with Crippen LogP contribution >= 0.6 is 0 Å². The van der Waals surface area contributed by atoms with Crippen molar-refractivity contribution in [2.45, 2.75) is 27.7 Å². The van der Waals surface area contributed by atoms with Crippen LogP contribution in [0.25, 0.3) is 12.2 Å². The Balaban J connectivity index is 2.81. The summed E-state index contributed by atoms with van der Waals surface area (Å²) in [5, 5.41) is 2.68. The van der Waals surface area contributed by atoms with Crippen LogP contribution < -0.4 is 10.4 Å². The maximum atomic E-state index is 2.34. The van der Waals surface area contributed by atoms with Crippen molar-refractivity contribution >= 4 is 12.2 Å². The van der Waals surface area contributed by atoms with Crippen molar-refractivity contribution in [3.63, 3.8) is 0 Å². The molecule has 0 aromatic heterocycles. The highest BCUT2D eigenvalue weighted by atomic mass is 14.2. The van der Waals surface area contributed by atoms with Crippen molar-refractivity contribution in [3.8, 4) is 0 Å². The van der Waals surface area contributed by atoms with Gasteiger partial charge in [-0.3, -0.25) is 0 Å². The molecule has 0 bridgehead atoms. The second-order valence-electron chi connectivity index (χ2n) is 5.89. The molecule has 1 aromatic rings. The lowest BCUT2D eigenvalue weighted by molar-refractivity contribution is 0.618. The molecule has 0 saturated carbocycles. The van der Waals surface area contributed by atoms with Gasteiger partial charge >= 0.3 is 0 Å².